The molecule has 0 bridgehead atoms. The Morgan fingerprint density at radius 3 is 2.59 bits per heavy atom. The molecule has 0 spiro atoms. The zero-order valence-electron chi connectivity index (χ0n) is 13.8. The molecule has 1 fully saturated rings. The molecule has 2 rings (SSSR count). The molecule has 3 atom stereocenters. The van der Waals surface area contributed by atoms with Crippen molar-refractivity contribution in [2.75, 3.05) is 12.0 Å². The summed E-state index contributed by atoms with van der Waals surface area (Å²) in [6.45, 7) is 5.09. The van der Waals surface area contributed by atoms with Crippen molar-refractivity contribution in [3.8, 4) is 0 Å². The summed E-state index contributed by atoms with van der Waals surface area (Å²) in [6.07, 6.45) is 9.04. The maximum Gasteiger partial charge on any atom is 0.224 e. The molecule has 0 aliphatic heterocycles. The first kappa shape index (κ1) is 16.9. The zero-order valence-corrected chi connectivity index (χ0v) is 13.8. The Morgan fingerprint density at radius 1 is 1.27 bits per heavy atom. The third-order valence-electron chi connectivity index (χ3n) is 4.38. The highest BCUT2D eigenvalue weighted by molar-refractivity contribution is 5.79. The summed E-state index contributed by atoms with van der Waals surface area (Å²) in [4.78, 5) is 12.5. The van der Waals surface area contributed by atoms with Crippen LogP contribution in [-0.4, -0.2) is 29.2 Å². The Balaban J connectivity index is 1.88. The number of aromatic nitrogens is 1. The highest BCUT2D eigenvalue weighted by Crippen LogP contribution is 2.23. The van der Waals surface area contributed by atoms with Gasteiger partial charge >= 0.3 is 0 Å². The van der Waals surface area contributed by atoms with E-state index in [-0.39, 0.29) is 23.9 Å². The Morgan fingerprint density at radius 2 is 1.95 bits per heavy atom. The van der Waals surface area contributed by atoms with Crippen molar-refractivity contribution in [1.82, 2.24) is 9.99 Å². The number of hydrogen-bond acceptors (Lipinski definition) is 3. The maximum absolute atomic E-state index is 12.5. The van der Waals surface area contributed by atoms with Crippen LogP contribution in [0.1, 0.15) is 46.0 Å². The lowest BCUT2D eigenvalue weighted by molar-refractivity contribution is -0.127. The molecule has 5 nitrogen and oxygen atoms in total. The number of nitrogens with two attached hydrogens (primary N) is 1. The SMILES string of the molecule is CC(C)C[C@@H](CNn1cccc1)NC(=O)[C@@H]1CCCC[C@@H]1N. The van der Waals surface area contributed by atoms with Gasteiger partial charge in [-0.1, -0.05) is 26.7 Å². The molecule has 1 amide bonds. The molecule has 0 saturated heterocycles. The highest BCUT2D eigenvalue weighted by atomic mass is 16.2. The Hall–Kier alpha value is -1.49. The van der Waals surface area contributed by atoms with Crippen LogP contribution in [0.15, 0.2) is 24.5 Å². The van der Waals surface area contributed by atoms with Gasteiger partial charge in [0.05, 0.1) is 12.5 Å². The van der Waals surface area contributed by atoms with Crippen LogP contribution in [0.4, 0.5) is 0 Å². The fraction of sp³-hybridized carbons (Fsp3) is 0.706. The minimum absolute atomic E-state index is 0.0185. The van der Waals surface area contributed by atoms with Crippen LogP contribution in [0, 0.1) is 11.8 Å². The molecule has 0 radical (unpaired) electrons. The van der Waals surface area contributed by atoms with Gasteiger partial charge in [-0.05, 0) is 37.3 Å². The van der Waals surface area contributed by atoms with E-state index in [0.717, 1.165) is 38.6 Å². The van der Waals surface area contributed by atoms with Gasteiger partial charge in [0.15, 0.2) is 0 Å². The second-order valence-corrected chi connectivity index (χ2v) is 6.84. The van der Waals surface area contributed by atoms with Crippen LogP contribution in [-0.2, 0) is 4.79 Å². The number of carbonyl (C=O) groups excluding carboxylic acids is 1. The van der Waals surface area contributed by atoms with Crippen LogP contribution in [0.3, 0.4) is 0 Å². The number of carbonyl (C=O) groups is 1. The summed E-state index contributed by atoms with van der Waals surface area (Å²) in [7, 11) is 0. The van der Waals surface area contributed by atoms with Gasteiger partial charge in [0.25, 0.3) is 0 Å². The number of nitrogens with one attached hydrogen (secondary N) is 2. The predicted octanol–water partition coefficient (Wildman–Crippen LogP) is 2.08. The summed E-state index contributed by atoms with van der Waals surface area (Å²) in [5.74, 6) is 0.652. The molecule has 1 aliphatic rings. The molecule has 1 saturated carbocycles. The van der Waals surface area contributed by atoms with Gasteiger partial charge in [0.2, 0.25) is 5.91 Å². The molecule has 1 aliphatic carbocycles. The first-order chi connectivity index (χ1) is 10.6. The van der Waals surface area contributed by atoms with Crippen molar-refractivity contribution in [3.63, 3.8) is 0 Å². The lowest BCUT2D eigenvalue weighted by Gasteiger charge is -2.30. The first-order valence-electron chi connectivity index (χ1n) is 8.49. The lowest BCUT2D eigenvalue weighted by Crippen LogP contribution is -2.49. The van der Waals surface area contributed by atoms with Gasteiger partial charge in [-0.15, -0.1) is 0 Å². The van der Waals surface area contributed by atoms with Gasteiger partial charge < -0.3 is 16.5 Å². The van der Waals surface area contributed by atoms with Crippen LogP contribution >= 0.6 is 0 Å². The maximum atomic E-state index is 12.5. The largest absolute Gasteiger partial charge is 0.351 e. The Bertz CT molecular complexity index is 444. The van der Waals surface area contributed by atoms with E-state index >= 15 is 0 Å². The second kappa shape index (κ2) is 8.22. The van der Waals surface area contributed by atoms with Crippen LogP contribution in [0.25, 0.3) is 0 Å². The second-order valence-electron chi connectivity index (χ2n) is 6.84. The monoisotopic (exact) mass is 306 g/mol. The lowest BCUT2D eigenvalue weighted by atomic mass is 9.84. The Kier molecular flexibility index (Phi) is 6.31. The molecular formula is C17H30N4O. The summed E-state index contributed by atoms with van der Waals surface area (Å²) < 4.78 is 1.92. The summed E-state index contributed by atoms with van der Waals surface area (Å²) in [6, 6.07) is 4.10. The van der Waals surface area contributed by atoms with Gasteiger partial charge in [-0.25, -0.2) is 0 Å². The number of hydrogen-bond donors (Lipinski definition) is 3. The fourth-order valence-corrected chi connectivity index (χ4v) is 3.21. The zero-order chi connectivity index (χ0) is 15.9. The molecule has 1 aromatic rings. The van der Waals surface area contributed by atoms with Crippen LogP contribution in [0.2, 0.25) is 0 Å². The standard InChI is InChI=1S/C17H30N4O/c1-13(2)11-14(12-19-21-9-5-6-10-21)20-17(22)15-7-3-4-8-16(15)18/h5-6,9-10,13-16,19H,3-4,7-8,11-12,18H2,1-2H3,(H,20,22)/t14-,15+,16-/m0/s1. The van der Waals surface area contributed by atoms with Crippen LogP contribution in [0.5, 0.6) is 0 Å². The molecule has 124 valence electrons. The topological polar surface area (TPSA) is 72.1 Å². The molecule has 0 unspecified atom stereocenters. The number of rotatable bonds is 7. The van der Waals surface area contributed by atoms with Crippen molar-refractivity contribution in [3.05, 3.63) is 24.5 Å². The fourth-order valence-electron chi connectivity index (χ4n) is 3.21. The van der Waals surface area contributed by atoms with E-state index in [1.165, 1.54) is 0 Å². The number of amides is 1. The molecule has 5 heteroatoms. The van der Waals surface area contributed by atoms with Crippen LogP contribution < -0.4 is 16.5 Å². The van der Waals surface area contributed by atoms with Crippen molar-refractivity contribution in [1.29, 1.82) is 0 Å². The minimum Gasteiger partial charge on any atom is -0.351 e. The van der Waals surface area contributed by atoms with Gasteiger partial charge in [-0.3, -0.25) is 9.47 Å². The first-order valence-corrected chi connectivity index (χ1v) is 8.49. The minimum atomic E-state index is -0.0185. The molecule has 1 heterocycles. The normalized spacial score (nSPS) is 23.3. The summed E-state index contributed by atoms with van der Waals surface area (Å²) >= 11 is 0. The average Bonchev–Trinajstić information content (AvgIpc) is 2.98. The van der Waals surface area contributed by atoms with Gasteiger partial charge in [-0.2, -0.15) is 0 Å². The van der Waals surface area contributed by atoms with Gasteiger partial charge in [0, 0.05) is 24.5 Å². The predicted molar refractivity (Wildman–Crippen MR) is 90.0 cm³/mol. The van der Waals surface area contributed by atoms with Crippen molar-refractivity contribution in [2.45, 2.75) is 58.0 Å². The average molecular weight is 306 g/mol. The Labute approximate surface area is 133 Å². The van der Waals surface area contributed by atoms with Gasteiger partial charge in [0.1, 0.15) is 0 Å². The highest BCUT2D eigenvalue weighted by Gasteiger charge is 2.29. The molecule has 4 N–H and O–H groups in total. The van der Waals surface area contributed by atoms with E-state index in [1.807, 2.05) is 29.2 Å². The summed E-state index contributed by atoms with van der Waals surface area (Å²) in [5, 5.41) is 3.22. The van der Waals surface area contributed by atoms with E-state index in [2.05, 4.69) is 24.6 Å². The van der Waals surface area contributed by atoms with Crippen molar-refractivity contribution in [2.24, 2.45) is 17.6 Å². The molecular weight excluding hydrogens is 276 g/mol. The van der Waals surface area contributed by atoms with E-state index in [4.69, 9.17) is 5.73 Å². The number of nitrogens with zero attached hydrogens (tertiary/aromatic N) is 1. The van der Waals surface area contributed by atoms with E-state index in [0.29, 0.717) is 5.92 Å². The van der Waals surface area contributed by atoms with Crippen molar-refractivity contribution < 1.29 is 4.79 Å². The molecule has 1 aromatic heterocycles. The smallest absolute Gasteiger partial charge is 0.224 e. The molecule has 0 aromatic carbocycles. The van der Waals surface area contributed by atoms with E-state index < -0.39 is 0 Å². The third kappa shape index (κ3) is 5.05. The van der Waals surface area contributed by atoms with Crippen molar-refractivity contribution >= 4 is 5.91 Å². The summed E-state index contributed by atoms with van der Waals surface area (Å²) in [5.41, 5.74) is 9.45. The molecule has 22 heavy (non-hydrogen) atoms. The van der Waals surface area contributed by atoms with E-state index in [1.54, 1.807) is 0 Å². The quantitative estimate of drug-likeness (QED) is 0.722. The third-order valence-corrected chi connectivity index (χ3v) is 4.38. The van der Waals surface area contributed by atoms with E-state index in [9.17, 15) is 4.79 Å².